The SMILES string of the molecule is CCCn1cc(C(O)C2(C#N)CCCOC2)cn1. The van der Waals surface area contributed by atoms with Gasteiger partial charge in [-0.1, -0.05) is 6.92 Å². The quantitative estimate of drug-likeness (QED) is 0.880. The van der Waals surface area contributed by atoms with Crippen molar-refractivity contribution in [3.8, 4) is 6.07 Å². The molecule has 18 heavy (non-hydrogen) atoms. The molecule has 1 N–H and O–H groups in total. The van der Waals surface area contributed by atoms with E-state index in [2.05, 4.69) is 18.1 Å². The first-order chi connectivity index (χ1) is 8.72. The monoisotopic (exact) mass is 249 g/mol. The fourth-order valence-corrected chi connectivity index (χ4v) is 2.37. The molecule has 1 aliphatic rings. The maximum atomic E-state index is 10.4. The minimum Gasteiger partial charge on any atom is -0.387 e. The lowest BCUT2D eigenvalue weighted by molar-refractivity contribution is -0.0506. The lowest BCUT2D eigenvalue weighted by atomic mass is 9.77. The first kappa shape index (κ1) is 13.1. The third kappa shape index (κ3) is 2.40. The van der Waals surface area contributed by atoms with E-state index < -0.39 is 11.5 Å². The predicted octanol–water partition coefficient (Wildman–Crippen LogP) is 1.65. The highest BCUT2D eigenvalue weighted by atomic mass is 16.5. The smallest absolute Gasteiger partial charge is 0.111 e. The molecule has 1 aromatic heterocycles. The van der Waals surface area contributed by atoms with E-state index in [0.29, 0.717) is 25.2 Å². The lowest BCUT2D eigenvalue weighted by Crippen LogP contribution is -2.36. The van der Waals surface area contributed by atoms with E-state index in [1.165, 1.54) is 0 Å². The molecule has 2 rings (SSSR count). The minimum atomic E-state index is -0.826. The van der Waals surface area contributed by atoms with Gasteiger partial charge in [-0.05, 0) is 19.3 Å². The van der Waals surface area contributed by atoms with E-state index in [0.717, 1.165) is 19.4 Å². The van der Waals surface area contributed by atoms with Gasteiger partial charge >= 0.3 is 0 Å². The molecule has 5 nitrogen and oxygen atoms in total. The first-order valence-corrected chi connectivity index (χ1v) is 6.41. The number of nitriles is 1. The summed E-state index contributed by atoms with van der Waals surface area (Å²) in [5.74, 6) is 0. The molecular formula is C13H19N3O2. The highest BCUT2D eigenvalue weighted by molar-refractivity contribution is 5.18. The number of rotatable bonds is 4. The first-order valence-electron chi connectivity index (χ1n) is 6.41. The van der Waals surface area contributed by atoms with Gasteiger partial charge in [0.15, 0.2) is 0 Å². The minimum absolute atomic E-state index is 0.295. The van der Waals surface area contributed by atoms with Crippen LogP contribution in [0.3, 0.4) is 0 Å². The summed E-state index contributed by atoms with van der Waals surface area (Å²) < 4.78 is 7.16. The van der Waals surface area contributed by atoms with Gasteiger partial charge < -0.3 is 9.84 Å². The molecule has 1 saturated heterocycles. The Morgan fingerprint density at radius 3 is 3.17 bits per heavy atom. The number of ether oxygens (including phenoxy) is 1. The van der Waals surface area contributed by atoms with Gasteiger partial charge in [-0.15, -0.1) is 0 Å². The molecule has 1 fully saturated rings. The highest BCUT2D eigenvalue weighted by Gasteiger charge is 2.41. The van der Waals surface area contributed by atoms with E-state index >= 15 is 0 Å². The van der Waals surface area contributed by atoms with Gasteiger partial charge in [-0.2, -0.15) is 10.4 Å². The molecular weight excluding hydrogens is 230 g/mol. The second-order valence-electron chi connectivity index (χ2n) is 4.86. The van der Waals surface area contributed by atoms with Crippen LogP contribution in [0.5, 0.6) is 0 Å². The zero-order valence-electron chi connectivity index (χ0n) is 10.7. The zero-order chi connectivity index (χ0) is 13.0. The average molecular weight is 249 g/mol. The molecule has 0 saturated carbocycles. The summed E-state index contributed by atoms with van der Waals surface area (Å²) in [4.78, 5) is 0. The summed E-state index contributed by atoms with van der Waals surface area (Å²) in [6.07, 6.45) is 5.12. The summed E-state index contributed by atoms with van der Waals surface area (Å²) in [7, 11) is 0. The summed E-state index contributed by atoms with van der Waals surface area (Å²) in [6.45, 7) is 3.86. The fourth-order valence-electron chi connectivity index (χ4n) is 2.37. The summed E-state index contributed by atoms with van der Waals surface area (Å²) >= 11 is 0. The Hall–Kier alpha value is -1.38. The molecule has 2 unspecified atom stereocenters. The summed E-state index contributed by atoms with van der Waals surface area (Å²) in [5, 5.41) is 24.0. The van der Waals surface area contributed by atoms with Crippen molar-refractivity contribution in [2.45, 2.75) is 38.8 Å². The van der Waals surface area contributed by atoms with Crippen LogP contribution in [0, 0.1) is 16.7 Å². The van der Waals surface area contributed by atoms with Crippen LogP contribution in [0.25, 0.3) is 0 Å². The van der Waals surface area contributed by atoms with E-state index in [9.17, 15) is 10.4 Å². The number of hydrogen-bond donors (Lipinski definition) is 1. The number of nitrogens with zero attached hydrogens (tertiary/aromatic N) is 3. The molecule has 0 bridgehead atoms. The van der Waals surface area contributed by atoms with Crippen molar-refractivity contribution in [2.75, 3.05) is 13.2 Å². The van der Waals surface area contributed by atoms with Crippen LogP contribution in [0.1, 0.15) is 37.9 Å². The van der Waals surface area contributed by atoms with Crippen molar-refractivity contribution >= 4 is 0 Å². The lowest BCUT2D eigenvalue weighted by Gasteiger charge is -2.34. The van der Waals surface area contributed by atoms with Crippen LogP contribution in [0.2, 0.25) is 0 Å². The Kier molecular flexibility index (Phi) is 4.00. The van der Waals surface area contributed by atoms with Crippen molar-refractivity contribution in [3.63, 3.8) is 0 Å². The largest absolute Gasteiger partial charge is 0.387 e. The van der Waals surface area contributed by atoms with Crippen molar-refractivity contribution in [1.29, 1.82) is 5.26 Å². The number of aromatic nitrogens is 2. The van der Waals surface area contributed by atoms with Crippen LogP contribution < -0.4 is 0 Å². The maximum absolute atomic E-state index is 10.4. The fraction of sp³-hybridized carbons (Fsp3) is 0.692. The topological polar surface area (TPSA) is 71.1 Å². The third-order valence-electron chi connectivity index (χ3n) is 3.44. The molecule has 0 aliphatic carbocycles. The summed E-state index contributed by atoms with van der Waals surface area (Å²) in [6, 6.07) is 2.24. The van der Waals surface area contributed by atoms with Crippen LogP contribution in [0.15, 0.2) is 12.4 Å². The molecule has 0 amide bonds. The van der Waals surface area contributed by atoms with Crippen molar-refractivity contribution in [2.24, 2.45) is 5.41 Å². The Morgan fingerprint density at radius 2 is 2.56 bits per heavy atom. The second kappa shape index (κ2) is 5.51. The van der Waals surface area contributed by atoms with E-state index in [1.807, 2.05) is 6.20 Å². The molecule has 1 aromatic rings. The van der Waals surface area contributed by atoms with Crippen molar-refractivity contribution < 1.29 is 9.84 Å². The number of aliphatic hydroxyl groups excluding tert-OH is 1. The van der Waals surface area contributed by atoms with E-state index in [-0.39, 0.29) is 0 Å². The molecule has 98 valence electrons. The van der Waals surface area contributed by atoms with Crippen LogP contribution in [0.4, 0.5) is 0 Å². The Balaban J connectivity index is 2.17. The number of aliphatic hydroxyl groups is 1. The average Bonchev–Trinajstić information content (AvgIpc) is 2.87. The highest BCUT2D eigenvalue weighted by Crippen LogP contribution is 2.40. The summed E-state index contributed by atoms with van der Waals surface area (Å²) in [5.41, 5.74) is -0.117. The standard InChI is InChI=1S/C13H19N3O2/c1-2-5-16-8-11(7-15-16)12(17)13(9-14)4-3-6-18-10-13/h7-8,12,17H,2-6,10H2,1H3. The third-order valence-corrected chi connectivity index (χ3v) is 3.44. The van der Waals surface area contributed by atoms with Crippen LogP contribution in [-0.4, -0.2) is 28.1 Å². The van der Waals surface area contributed by atoms with E-state index in [4.69, 9.17) is 4.74 Å². The van der Waals surface area contributed by atoms with Gasteiger partial charge in [-0.25, -0.2) is 0 Å². The maximum Gasteiger partial charge on any atom is 0.111 e. The number of aryl methyl sites for hydroxylation is 1. The van der Waals surface area contributed by atoms with E-state index in [1.54, 1.807) is 10.9 Å². The van der Waals surface area contributed by atoms with Crippen molar-refractivity contribution in [1.82, 2.24) is 9.78 Å². The van der Waals surface area contributed by atoms with Gasteiger partial charge in [-0.3, -0.25) is 4.68 Å². The Labute approximate surface area is 107 Å². The van der Waals surface area contributed by atoms with Gasteiger partial charge in [0.25, 0.3) is 0 Å². The normalized spacial score (nSPS) is 25.6. The molecule has 2 atom stereocenters. The van der Waals surface area contributed by atoms with Gasteiger partial charge in [0.1, 0.15) is 11.5 Å². The number of hydrogen-bond acceptors (Lipinski definition) is 4. The Morgan fingerprint density at radius 1 is 1.72 bits per heavy atom. The molecule has 2 heterocycles. The van der Waals surface area contributed by atoms with Gasteiger partial charge in [0.05, 0.1) is 18.9 Å². The van der Waals surface area contributed by atoms with Crippen LogP contribution in [-0.2, 0) is 11.3 Å². The van der Waals surface area contributed by atoms with Gasteiger partial charge in [0, 0.05) is 24.9 Å². The second-order valence-corrected chi connectivity index (χ2v) is 4.86. The van der Waals surface area contributed by atoms with Gasteiger partial charge in [0.2, 0.25) is 0 Å². The Bertz CT molecular complexity index is 430. The molecule has 0 spiro atoms. The molecule has 0 aromatic carbocycles. The predicted molar refractivity (Wildman–Crippen MR) is 65.6 cm³/mol. The zero-order valence-corrected chi connectivity index (χ0v) is 10.7. The molecule has 1 aliphatic heterocycles. The molecule has 0 radical (unpaired) electrons. The van der Waals surface area contributed by atoms with Crippen LogP contribution >= 0.6 is 0 Å². The van der Waals surface area contributed by atoms with Crippen molar-refractivity contribution in [3.05, 3.63) is 18.0 Å². The molecule has 5 heteroatoms.